The number of anilines is 1. The minimum atomic E-state index is -4.74. The lowest BCUT2D eigenvalue weighted by Gasteiger charge is -2.34. The molecule has 8 nitrogen and oxygen atoms in total. The van der Waals surface area contributed by atoms with Crippen LogP contribution in [0.25, 0.3) is 0 Å². The number of likely N-dealkylation sites (tertiary alicyclic amines) is 1. The molecule has 5 rings (SSSR count). The quantitative estimate of drug-likeness (QED) is 0.358. The normalized spacial score (nSPS) is 18.3. The topological polar surface area (TPSA) is 96.6 Å². The molecule has 208 valence electrons. The molecule has 2 aliphatic rings. The molecule has 3 aromatic rings. The second kappa shape index (κ2) is 10.8. The summed E-state index contributed by atoms with van der Waals surface area (Å²) in [5.41, 5.74) is -1.50. The Hall–Kier alpha value is -3.12. The summed E-state index contributed by atoms with van der Waals surface area (Å²) in [4.78, 5) is 14.8. The molecule has 1 saturated carbocycles. The highest BCUT2D eigenvalue weighted by molar-refractivity contribution is 7.92. The third-order valence-corrected chi connectivity index (χ3v) is 8.99. The van der Waals surface area contributed by atoms with Gasteiger partial charge in [-0.3, -0.25) is 9.10 Å². The average Bonchev–Trinajstić information content (AvgIpc) is 3.66. The summed E-state index contributed by atoms with van der Waals surface area (Å²) >= 11 is 6.22. The Morgan fingerprint density at radius 2 is 1.85 bits per heavy atom. The Labute approximate surface area is 228 Å². The molecule has 1 aliphatic carbocycles. The molecule has 0 N–H and O–H groups in total. The van der Waals surface area contributed by atoms with Crippen LogP contribution in [0, 0.1) is 5.92 Å². The van der Waals surface area contributed by atoms with Gasteiger partial charge in [0.15, 0.2) is 0 Å². The third kappa shape index (κ3) is 6.22. The molecule has 0 spiro atoms. The van der Waals surface area contributed by atoms with Crippen LogP contribution in [-0.4, -0.2) is 49.1 Å². The van der Waals surface area contributed by atoms with Crippen molar-refractivity contribution in [2.24, 2.45) is 5.92 Å². The second-order valence-corrected chi connectivity index (χ2v) is 12.1. The van der Waals surface area contributed by atoms with Crippen molar-refractivity contribution in [2.45, 2.75) is 49.1 Å². The molecule has 2 aromatic carbocycles. The molecule has 1 amide bonds. The fourth-order valence-corrected chi connectivity index (χ4v) is 6.39. The number of carbonyl (C=O) groups is 1. The van der Waals surface area contributed by atoms with Crippen molar-refractivity contribution >= 4 is 33.2 Å². The summed E-state index contributed by atoms with van der Waals surface area (Å²) in [5, 5.41) is 7.99. The molecule has 13 heteroatoms. The van der Waals surface area contributed by atoms with Crippen molar-refractivity contribution in [3.63, 3.8) is 0 Å². The van der Waals surface area contributed by atoms with Crippen LogP contribution in [0.15, 0.2) is 57.8 Å². The molecule has 1 aliphatic heterocycles. The summed E-state index contributed by atoms with van der Waals surface area (Å²) in [5.74, 6) is 0.938. The molecular formula is C26H26ClF3N4O4S. The van der Waals surface area contributed by atoms with Crippen molar-refractivity contribution in [2.75, 3.05) is 23.9 Å². The zero-order chi connectivity index (χ0) is 27.8. The Balaban J connectivity index is 1.39. The van der Waals surface area contributed by atoms with Crippen LogP contribution in [0.5, 0.6) is 0 Å². The van der Waals surface area contributed by atoms with Gasteiger partial charge in [0, 0.05) is 25.4 Å². The van der Waals surface area contributed by atoms with E-state index in [1.54, 1.807) is 6.07 Å². The Kier molecular flexibility index (Phi) is 7.60. The SMILES string of the molecule is O=C(CN(c1cc(C(F)(F)F)ccc1Cl)S(=O)(=O)c1ccccc1)N1CCCC(Cc2nnc(C3CC3)o2)C1. The molecule has 2 fully saturated rings. The molecule has 39 heavy (non-hydrogen) atoms. The van der Waals surface area contributed by atoms with Crippen LogP contribution in [0.3, 0.4) is 0 Å². The molecule has 0 radical (unpaired) electrons. The number of hydrogen-bond donors (Lipinski definition) is 0. The maximum atomic E-state index is 13.6. The van der Waals surface area contributed by atoms with E-state index in [9.17, 15) is 26.4 Å². The number of halogens is 4. The number of aromatic nitrogens is 2. The smallest absolute Gasteiger partial charge is 0.416 e. The van der Waals surface area contributed by atoms with Crippen LogP contribution in [-0.2, 0) is 27.4 Å². The summed E-state index contributed by atoms with van der Waals surface area (Å²) < 4.78 is 74.2. The van der Waals surface area contributed by atoms with Crippen LogP contribution < -0.4 is 4.31 Å². The van der Waals surface area contributed by atoms with E-state index in [0.29, 0.717) is 54.0 Å². The highest BCUT2D eigenvalue weighted by Gasteiger charge is 2.36. The van der Waals surface area contributed by atoms with Gasteiger partial charge in [-0.2, -0.15) is 13.2 Å². The van der Waals surface area contributed by atoms with Gasteiger partial charge in [0.2, 0.25) is 17.7 Å². The lowest BCUT2D eigenvalue weighted by atomic mass is 9.94. The zero-order valence-electron chi connectivity index (χ0n) is 20.8. The van der Waals surface area contributed by atoms with Gasteiger partial charge in [0.25, 0.3) is 10.0 Å². The Bertz CT molecular complexity index is 1440. The minimum Gasteiger partial charge on any atom is -0.425 e. The van der Waals surface area contributed by atoms with E-state index in [1.807, 2.05) is 0 Å². The second-order valence-electron chi connectivity index (χ2n) is 9.85. The first-order chi connectivity index (χ1) is 18.5. The number of alkyl halides is 3. The van der Waals surface area contributed by atoms with E-state index in [4.69, 9.17) is 16.0 Å². The fraction of sp³-hybridized carbons (Fsp3) is 0.423. The number of hydrogen-bond acceptors (Lipinski definition) is 6. The van der Waals surface area contributed by atoms with Gasteiger partial charge in [-0.25, -0.2) is 8.42 Å². The van der Waals surface area contributed by atoms with Crippen LogP contribution >= 0.6 is 11.6 Å². The molecular weight excluding hydrogens is 557 g/mol. The standard InChI is InChI=1S/C26H26ClF3N4O4S/c27-21-11-10-19(26(28,29)30)14-22(21)34(39(36,37)20-6-2-1-3-7-20)16-24(35)33-12-4-5-17(15-33)13-23-31-32-25(38-23)18-8-9-18/h1-3,6-7,10-11,14,17-18H,4-5,8-9,12-13,15-16H2. The summed E-state index contributed by atoms with van der Waals surface area (Å²) in [6.07, 6.45) is -0.696. The number of carbonyl (C=O) groups excluding carboxylic acids is 1. The average molecular weight is 583 g/mol. The zero-order valence-corrected chi connectivity index (χ0v) is 22.3. The lowest BCUT2D eigenvalue weighted by Crippen LogP contribution is -2.47. The third-order valence-electron chi connectivity index (χ3n) is 6.90. The first kappa shape index (κ1) is 27.4. The van der Waals surface area contributed by atoms with Crippen LogP contribution in [0.2, 0.25) is 5.02 Å². The van der Waals surface area contributed by atoms with Crippen LogP contribution in [0.1, 0.15) is 48.9 Å². The fourth-order valence-electron chi connectivity index (χ4n) is 4.67. The maximum Gasteiger partial charge on any atom is 0.416 e. The van der Waals surface area contributed by atoms with E-state index < -0.39 is 39.9 Å². The van der Waals surface area contributed by atoms with Crippen molar-refractivity contribution in [1.82, 2.24) is 15.1 Å². The Morgan fingerprint density at radius 3 is 2.54 bits per heavy atom. The van der Waals surface area contributed by atoms with E-state index in [2.05, 4.69) is 10.2 Å². The summed E-state index contributed by atoms with van der Waals surface area (Å²) in [6, 6.07) is 9.61. The van der Waals surface area contributed by atoms with E-state index >= 15 is 0 Å². The van der Waals surface area contributed by atoms with Gasteiger partial charge in [0.1, 0.15) is 6.54 Å². The molecule has 1 saturated heterocycles. The van der Waals surface area contributed by atoms with Gasteiger partial charge in [-0.05, 0) is 61.9 Å². The molecule has 0 bridgehead atoms. The Morgan fingerprint density at radius 1 is 1.10 bits per heavy atom. The van der Waals surface area contributed by atoms with Gasteiger partial charge < -0.3 is 9.32 Å². The largest absolute Gasteiger partial charge is 0.425 e. The highest BCUT2D eigenvalue weighted by atomic mass is 35.5. The highest BCUT2D eigenvalue weighted by Crippen LogP contribution is 2.40. The number of piperidine rings is 1. The lowest BCUT2D eigenvalue weighted by molar-refractivity contribution is -0.137. The molecule has 1 unspecified atom stereocenters. The number of amides is 1. The van der Waals surface area contributed by atoms with Crippen molar-refractivity contribution in [3.8, 4) is 0 Å². The first-order valence-corrected chi connectivity index (χ1v) is 14.4. The van der Waals surface area contributed by atoms with Gasteiger partial charge in [0.05, 0.1) is 21.2 Å². The summed E-state index contributed by atoms with van der Waals surface area (Å²) in [7, 11) is -4.43. The molecule has 2 heterocycles. The monoisotopic (exact) mass is 582 g/mol. The summed E-state index contributed by atoms with van der Waals surface area (Å²) in [6.45, 7) is 0.00885. The molecule has 1 atom stereocenters. The number of nitrogens with zero attached hydrogens (tertiary/aromatic N) is 4. The van der Waals surface area contributed by atoms with E-state index in [0.717, 1.165) is 31.4 Å². The predicted octanol–water partition coefficient (Wildman–Crippen LogP) is 5.30. The number of benzene rings is 2. The minimum absolute atomic E-state index is 0.0199. The van der Waals surface area contributed by atoms with Crippen molar-refractivity contribution in [1.29, 1.82) is 0 Å². The first-order valence-electron chi connectivity index (χ1n) is 12.6. The maximum absolute atomic E-state index is 13.6. The predicted molar refractivity (Wildman–Crippen MR) is 137 cm³/mol. The van der Waals surface area contributed by atoms with Crippen LogP contribution in [0.4, 0.5) is 18.9 Å². The van der Waals surface area contributed by atoms with Gasteiger partial charge in [-0.15, -0.1) is 10.2 Å². The van der Waals surface area contributed by atoms with Crippen molar-refractivity contribution < 1.29 is 30.8 Å². The van der Waals surface area contributed by atoms with Gasteiger partial charge in [-0.1, -0.05) is 29.8 Å². The number of rotatable bonds is 8. The van der Waals surface area contributed by atoms with E-state index in [-0.39, 0.29) is 15.8 Å². The van der Waals surface area contributed by atoms with Gasteiger partial charge >= 0.3 is 6.18 Å². The number of sulfonamides is 1. The molecule has 1 aromatic heterocycles. The van der Waals surface area contributed by atoms with Crippen molar-refractivity contribution in [3.05, 3.63) is 70.9 Å². The van der Waals surface area contributed by atoms with E-state index in [1.165, 1.54) is 29.2 Å².